The lowest BCUT2D eigenvalue weighted by atomic mass is 9.97. The number of phenolic OH excluding ortho intramolecular Hbond substituents is 3. The first kappa shape index (κ1) is 66.9. The Balaban J connectivity index is 1.60. The van der Waals surface area contributed by atoms with Gasteiger partial charge in [-0.25, -0.2) is 4.79 Å². The van der Waals surface area contributed by atoms with Crippen molar-refractivity contribution in [1.82, 2.24) is 42.1 Å². The molecule has 454 valence electrons. The first-order chi connectivity index (χ1) is 39.2. The highest BCUT2D eigenvalue weighted by molar-refractivity contribution is 5.98. The van der Waals surface area contributed by atoms with Crippen molar-refractivity contribution in [1.29, 1.82) is 0 Å². The fourth-order valence-electron chi connectivity index (χ4n) is 8.95. The van der Waals surface area contributed by atoms with Crippen molar-refractivity contribution in [3.05, 3.63) is 89.5 Å². The molecule has 3 aromatic rings. The molecule has 0 unspecified atom stereocenters. The number of carboxylic acids is 1. The van der Waals surface area contributed by atoms with E-state index in [-0.39, 0.29) is 80.7 Å². The van der Waals surface area contributed by atoms with E-state index in [1.807, 2.05) is 6.92 Å². The van der Waals surface area contributed by atoms with Crippen LogP contribution in [0.25, 0.3) is 0 Å². The SMILES string of the molecule is CC[C@H](C)[C@H](N)C(=O)N[C@H](C(=O)N1CCC[C@H]1C(=O)N[C@@H](CO)C(=O)N[C@@H](Cc1ccc(O)cc1)C(=O)N[C@H](C(=O)N[C@@H](Cc1ccc(O)cc1)C(=O)N[C@@H](Cc1ccc(O)cc1)C(=O)N[C@@H](CCCN=C(N)N)C(=O)O)[C@@H](C)O)C(C)C. The summed E-state index contributed by atoms with van der Waals surface area (Å²) >= 11 is 0. The zero-order chi connectivity index (χ0) is 61.7. The number of carbonyl (C=O) groups is 9. The highest BCUT2D eigenvalue weighted by atomic mass is 16.4. The lowest BCUT2D eigenvalue weighted by molar-refractivity contribution is -0.143. The van der Waals surface area contributed by atoms with E-state index >= 15 is 0 Å². The summed E-state index contributed by atoms with van der Waals surface area (Å²) in [4.78, 5) is 130. The van der Waals surface area contributed by atoms with Gasteiger partial charge in [-0.15, -0.1) is 0 Å². The third-order valence-corrected chi connectivity index (χ3v) is 14.1. The number of amides is 8. The number of guanidine groups is 1. The number of benzene rings is 3. The van der Waals surface area contributed by atoms with Gasteiger partial charge >= 0.3 is 5.97 Å². The van der Waals surface area contributed by atoms with Crippen LogP contribution in [0.5, 0.6) is 17.2 Å². The highest BCUT2D eigenvalue weighted by Gasteiger charge is 2.41. The number of carbonyl (C=O) groups excluding carboxylic acids is 8. The Morgan fingerprint density at radius 3 is 1.43 bits per heavy atom. The fourth-order valence-corrected chi connectivity index (χ4v) is 8.95. The average Bonchev–Trinajstić information content (AvgIpc) is 4.03. The van der Waals surface area contributed by atoms with E-state index in [0.29, 0.717) is 29.5 Å². The molecule has 4 rings (SSSR count). The maximum absolute atomic E-state index is 14.5. The number of carboxylic acid groups (broad SMARTS) is 1. The molecule has 1 heterocycles. The summed E-state index contributed by atoms with van der Waals surface area (Å²) < 4.78 is 0. The second kappa shape index (κ2) is 32.2. The molecule has 83 heavy (non-hydrogen) atoms. The standard InChI is InChI=1S/C56H80N12O15/c1-6-30(4)44(57)52(79)66-45(29(2)3)54(81)68-24-8-10-43(68)51(78)65-42(28-69)50(77)63-41(27-34-15-21-37(73)22-16-34)49(76)67-46(31(5)70)53(80)64-40(26-33-13-19-36(72)20-14-33)48(75)62-39(25-32-11-17-35(71)18-12-32)47(74)61-38(55(82)83)9-7-23-60-56(58)59/h11-22,29-31,38-46,69-73H,6-10,23-28,57H2,1-5H3,(H,61,74)(H,62,75)(H,63,77)(H,64,80)(H,65,78)(H,66,79)(H,67,76)(H,82,83)(H4,58,59,60)/t30-,31+,38-,39-,40-,41-,42-,43-,44-,45-,46-/m0/s1. The number of aromatic hydroxyl groups is 3. The van der Waals surface area contributed by atoms with Crippen molar-refractivity contribution in [2.45, 2.75) is 146 Å². The van der Waals surface area contributed by atoms with E-state index in [1.54, 1.807) is 20.8 Å². The molecule has 1 aliphatic rings. The van der Waals surface area contributed by atoms with Crippen LogP contribution in [-0.4, -0.2) is 175 Å². The molecule has 8 amide bonds. The molecular formula is C56H80N12O15. The molecule has 1 aliphatic heterocycles. The predicted octanol–water partition coefficient (Wildman–Crippen LogP) is -2.24. The second-order valence-corrected chi connectivity index (χ2v) is 20.9. The topological polar surface area (TPSA) is 453 Å². The van der Waals surface area contributed by atoms with Crippen molar-refractivity contribution in [2.75, 3.05) is 19.7 Å². The number of phenols is 3. The molecule has 27 nitrogen and oxygen atoms in total. The van der Waals surface area contributed by atoms with Crippen LogP contribution in [0.15, 0.2) is 77.8 Å². The van der Waals surface area contributed by atoms with E-state index in [2.05, 4.69) is 42.2 Å². The Morgan fingerprint density at radius 1 is 0.602 bits per heavy atom. The molecule has 0 aliphatic carbocycles. The predicted molar refractivity (Wildman–Crippen MR) is 302 cm³/mol. The molecule has 1 saturated heterocycles. The van der Waals surface area contributed by atoms with Gasteiger partial charge in [-0.1, -0.05) is 70.5 Å². The van der Waals surface area contributed by atoms with Crippen LogP contribution in [0, 0.1) is 11.8 Å². The van der Waals surface area contributed by atoms with Gasteiger partial charge < -0.3 is 90.0 Å². The molecule has 0 saturated carbocycles. The molecule has 11 atom stereocenters. The molecule has 0 spiro atoms. The zero-order valence-electron chi connectivity index (χ0n) is 47.1. The smallest absolute Gasteiger partial charge is 0.326 e. The normalized spacial score (nSPS) is 16.6. The number of likely N-dealkylation sites (tertiary alicyclic amines) is 1. The summed E-state index contributed by atoms with van der Waals surface area (Å²) in [7, 11) is 0. The van der Waals surface area contributed by atoms with Gasteiger partial charge in [0.25, 0.3) is 0 Å². The molecule has 1 fully saturated rings. The maximum Gasteiger partial charge on any atom is 0.326 e. The Labute approximate surface area is 480 Å². The van der Waals surface area contributed by atoms with E-state index in [0.717, 1.165) is 6.92 Å². The lowest BCUT2D eigenvalue weighted by Gasteiger charge is -2.32. The summed E-state index contributed by atoms with van der Waals surface area (Å²) in [5, 5.41) is 79.1. The Hall–Kier alpha value is -8.56. The largest absolute Gasteiger partial charge is 0.508 e. The van der Waals surface area contributed by atoms with Crippen molar-refractivity contribution in [3.8, 4) is 17.2 Å². The number of nitrogens with zero attached hydrogens (tertiary/aromatic N) is 2. The Bertz CT molecular complexity index is 2730. The number of hydrogen-bond acceptors (Lipinski definition) is 16. The van der Waals surface area contributed by atoms with Gasteiger partial charge in [0.05, 0.1) is 18.8 Å². The number of hydrogen-bond donors (Lipinski definition) is 16. The molecule has 0 aromatic heterocycles. The van der Waals surface area contributed by atoms with Crippen molar-refractivity contribution in [3.63, 3.8) is 0 Å². The van der Waals surface area contributed by atoms with Gasteiger partial charge in [-0.3, -0.25) is 43.3 Å². The summed E-state index contributed by atoms with van der Waals surface area (Å²) in [6.07, 6.45) is -1.44. The second-order valence-electron chi connectivity index (χ2n) is 20.9. The molecule has 27 heteroatoms. The molecule has 3 aromatic carbocycles. The van der Waals surface area contributed by atoms with Gasteiger partial charge in [-0.2, -0.15) is 0 Å². The molecule has 0 bridgehead atoms. The summed E-state index contributed by atoms with van der Waals surface area (Å²) in [5.74, 6) is -9.81. The van der Waals surface area contributed by atoms with Crippen molar-refractivity contribution >= 4 is 59.2 Å². The minimum atomic E-state index is -1.88. The van der Waals surface area contributed by atoms with Crippen LogP contribution < -0.4 is 54.4 Å². The van der Waals surface area contributed by atoms with E-state index < -0.39 is 126 Å². The van der Waals surface area contributed by atoms with Crippen molar-refractivity contribution < 1.29 is 73.8 Å². The summed E-state index contributed by atoms with van der Waals surface area (Å²) in [6.45, 7) is 7.45. The third kappa shape index (κ3) is 20.7. The van der Waals surface area contributed by atoms with Gasteiger partial charge in [0.15, 0.2) is 5.96 Å². The molecular weight excluding hydrogens is 1080 g/mol. The number of aliphatic carboxylic acids is 1. The number of nitrogens with two attached hydrogens (primary N) is 3. The quantitative estimate of drug-likeness (QED) is 0.0184. The number of aliphatic imine (C=N–C) groups is 1. The number of aliphatic hydroxyl groups excluding tert-OH is 2. The summed E-state index contributed by atoms with van der Waals surface area (Å²) in [5.41, 5.74) is 18.1. The van der Waals surface area contributed by atoms with Crippen LogP contribution >= 0.6 is 0 Å². The van der Waals surface area contributed by atoms with Crippen LogP contribution in [0.1, 0.15) is 83.4 Å². The van der Waals surface area contributed by atoms with Gasteiger partial charge in [0.1, 0.15) is 65.6 Å². The van der Waals surface area contributed by atoms with Gasteiger partial charge in [0.2, 0.25) is 47.3 Å². The van der Waals surface area contributed by atoms with Crippen LogP contribution in [0.4, 0.5) is 0 Å². The van der Waals surface area contributed by atoms with Gasteiger partial charge in [-0.05, 0) is 97.5 Å². The van der Waals surface area contributed by atoms with E-state index in [1.165, 1.54) is 77.7 Å². The lowest BCUT2D eigenvalue weighted by Crippen LogP contribution is -2.62. The summed E-state index contributed by atoms with van der Waals surface area (Å²) in [6, 6.07) is 3.62. The number of rotatable bonds is 31. The first-order valence-electron chi connectivity index (χ1n) is 27.3. The zero-order valence-corrected chi connectivity index (χ0v) is 47.1. The van der Waals surface area contributed by atoms with Crippen LogP contribution in [-0.2, 0) is 62.4 Å². The maximum atomic E-state index is 14.5. The fraction of sp³-hybridized carbons (Fsp3) is 0.500. The first-order valence-corrected chi connectivity index (χ1v) is 27.3. The van der Waals surface area contributed by atoms with Crippen LogP contribution in [0.2, 0.25) is 0 Å². The Morgan fingerprint density at radius 2 is 1.02 bits per heavy atom. The molecule has 0 radical (unpaired) electrons. The Kier molecular flexibility index (Phi) is 26.0. The number of aliphatic hydroxyl groups is 2. The van der Waals surface area contributed by atoms with Crippen LogP contribution in [0.3, 0.4) is 0 Å². The monoisotopic (exact) mass is 1160 g/mol. The molecule has 19 N–H and O–H groups in total. The van der Waals surface area contributed by atoms with Gasteiger partial charge in [0, 0.05) is 32.4 Å². The number of nitrogens with one attached hydrogen (secondary N) is 7. The third-order valence-electron chi connectivity index (χ3n) is 14.1. The average molecular weight is 1160 g/mol. The van der Waals surface area contributed by atoms with Crippen molar-refractivity contribution in [2.24, 2.45) is 34.0 Å². The highest BCUT2D eigenvalue weighted by Crippen LogP contribution is 2.22. The minimum Gasteiger partial charge on any atom is -0.508 e. The minimum absolute atomic E-state index is 0.0463. The van der Waals surface area contributed by atoms with E-state index in [9.17, 15) is 73.8 Å². The van der Waals surface area contributed by atoms with E-state index in [4.69, 9.17) is 17.2 Å².